The lowest BCUT2D eigenvalue weighted by Gasteiger charge is -2.30. The van der Waals surface area contributed by atoms with E-state index in [4.69, 9.17) is 5.73 Å². The second kappa shape index (κ2) is 9.03. The van der Waals surface area contributed by atoms with Gasteiger partial charge in [-0.15, -0.1) is 0 Å². The first-order chi connectivity index (χ1) is 16.0. The number of alkyl halides is 2. The van der Waals surface area contributed by atoms with Crippen molar-refractivity contribution in [2.45, 2.75) is 44.4 Å². The van der Waals surface area contributed by atoms with Crippen molar-refractivity contribution >= 4 is 11.7 Å². The molecule has 12 heteroatoms. The average molecular weight is 473 g/mol. The predicted molar refractivity (Wildman–Crippen MR) is 121 cm³/mol. The first-order valence-corrected chi connectivity index (χ1v) is 10.7. The van der Waals surface area contributed by atoms with E-state index in [0.717, 1.165) is 5.56 Å². The lowest BCUT2D eigenvalue weighted by atomic mass is 10.0. The number of anilines is 1. The molecule has 1 aliphatic heterocycles. The Labute approximate surface area is 194 Å². The van der Waals surface area contributed by atoms with Gasteiger partial charge < -0.3 is 21.5 Å². The zero-order chi connectivity index (χ0) is 24.5. The number of nitrogens with zero attached hydrogens (tertiary/aromatic N) is 5. The number of carbonyl (C=O) groups is 1. The van der Waals surface area contributed by atoms with Gasteiger partial charge in [0.1, 0.15) is 0 Å². The summed E-state index contributed by atoms with van der Waals surface area (Å²) in [5.74, 6) is -3.67. The maximum atomic E-state index is 13.6. The maximum absolute atomic E-state index is 13.6. The minimum Gasteiger partial charge on any atom is -0.389 e. The molecule has 4 rings (SSSR count). The predicted octanol–water partition coefficient (Wildman–Crippen LogP) is 1.48. The molecule has 1 atom stereocenters. The lowest BCUT2D eigenvalue weighted by Crippen LogP contribution is -2.53. The fraction of sp³-hybridized carbons (Fsp3) is 0.409. The number of nitrogen functional groups attached to an aromatic ring is 1. The molecular formula is C22H26F2N8O2. The molecule has 180 valence electrons. The molecule has 4 heterocycles. The summed E-state index contributed by atoms with van der Waals surface area (Å²) in [6, 6.07) is 2.71. The number of aromatic nitrogens is 5. The van der Waals surface area contributed by atoms with Crippen molar-refractivity contribution in [3.63, 3.8) is 0 Å². The summed E-state index contributed by atoms with van der Waals surface area (Å²) < 4.78 is 28.9. The summed E-state index contributed by atoms with van der Waals surface area (Å²) in [7, 11) is 0. The van der Waals surface area contributed by atoms with E-state index in [1.54, 1.807) is 49.3 Å². The van der Waals surface area contributed by atoms with Gasteiger partial charge in [-0.1, -0.05) is 0 Å². The van der Waals surface area contributed by atoms with Crippen molar-refractivity contribution in [1.29, 1.82) is 0 Å². The smallest absolute Gasteiger partial charge is 0.274 e. The fourth-order valence-electron chi connectivity index (χ4n) is 3.72. The maximum Gasteiger partial charge on any atom is 0.274 e. The third-order valence-corrected chi connectivity index (χ3v) is 5.20. The van der Waals surface area contributed by atoms with E-state index in [1.807, 2.05) is 0 Å². The second-order valence-electron chi connectivity index (χ2n) is 9.02. The third-order valence-electron chi connectivity index (χ3n) is 5.20. The van der Waals surface area contributed by atoms with Crippen LogP contribution >= 0.6 is 0 Å². The van der Waals surface area contributed by atoms with Crippen LogP contribution in [0.25, 0.3) is 22.5 Å². The molecule has 0 radical (unpaired) electrons. The molecule has 3 aromatic heterocycles. The molecule has 0 aromatic carbocycles. The average Bonchev–Trinajstić information content (AvgIpc) is 3.20. The summed E-state index contributed by atoms with van der Waals surface area (Å²) >= 11 is 0. The van der Waals surface area contributed by atoms with Gasteiger partial charge in [0, 0.05) is 42.5 Å². The van der Waals surface area contributed by atoms with Crippen LogP contribution in [0.4, 0.5) is 14.6 Å². The van der Waals surface area contributed by atoms with E-state index in [1.165, 1.54) is 6.20 Å². The number of piperidine rings is 1. The molecule has 34 heavy (non-hydrogen) atoms. The van der Waals surface area contributed by atoms with Gasteiger partial charge in [-0.3, -0.25) is 14.5 Å². The summed E-state index contributed by atoms with van der Waals surface area (Å²) in [4.78, 5) is 25.5. The van der Waals surface area contributed by atoms with Gasteiger partial charge in [0.2, 0.25) is 0 Å². The molecule has 0 bridgehead atoms. The van der Waals surface area contributed by atoms with Crippen LogP contribution in [0.15, 0.2) is 36.9 Å². The van der Waals surface area contributed by atoms with E-state index < -0.39 is 36.4 Å². The molecule has 0 aliphatic carbocycles. The number of nitrogens with one attached hydrogen (secondary N) is 2. The number of hydrogen-bond acceptors (Lipinski definition) is 8. The number of amides is 1. The minimum atomic E-state index is -2.90. The number of halogens is 2. The topological polar surface area (TPSA) is 144 Å². The fourth-order valence-corrected chi connectivity index (χ4v) is 3.72. The SMILES string of the molecule is CC(C)(O)Cn1cc(-c2cc(-c3cnc(N)c(C(=O)NC4CNCC(F)(F)C4)n3)ccn2)cn1. The van der Waals surface area contributed by atoms with Crippen LogP contribution in [0.3, 0.4) is 0 Å². The highest BCUT2D eigenvalue weighted by molar-refractivity contribution is 5.97. The van der Waals surface area contributed by atoms with Crippen LogP contribution in [-0.2, 0) is 6.54 Å². The van der Waals surface area contributed by atoms with Gasteiger partial charge in [0.15, 0.2) is 11.5 Å². The van der Waals surface area contributed by atoms with Crippen molar-refractivity contribution in [3.8, 4) is 22.5 Å². The number of pyridine rings is 1. The van der Waals surface area contributed by atoms with E-state index in [9.17, 15) is 18.7 Å². The van der Waals surface area contributed by atoms with Gasteiger partial charge in [-0.2, -0.15) is 5.10 Å². The lowest BCUT2D eigenvalue weighted by molar-refractivity contribution is -0.0301. The first-order valence-electron chi connectivity index (χ1n) is 10.7. The standard InChI is InChI=1S/C22H26F2N8O2/c1-21(2,34)12-32-10-14(7-29-32)16-5-13(3-4-27-16)17-9-28-19(25)18(31-17)20(33)30-15-6-22(23,24)11-26-8-15/h3-5,7,9-10,15,26,34H,6,8,11-12H2,1-2H3,(H2,25,28)(H,30,33). The van der Waals surface area contributed by atoms with Gasteiger partial charge in [-0.05, 0) is 26.0 Å². The van der Waals surface area contributed by atoms with Crippen molar-refractivity contribution in [2.75, 3.05) is 18.8 Å². The van der Waals surface area contributed by atoms with Crippen LogP contribution in [0, 0.1) is 0 Å². The number of carbonyl (C=O) groups excluding carboxylic acids is 1. The highest BCUT2D eigenvalue weighted by Gasteiger charge is 2.37. The monoisotopic (exact) mass is 472 g/mol. The van der Waals surface area contributed by atoms with E-state index in [0.29, 0.717) is 23.5 Å². The van der Waals surface area contributed by atoms with Gasteiger partial charge in [0.25, 0.3) is 11.8 Å². The van der Waals surface area contributed by atoms with Gasteiger partial charge in [-0.25, -0.2) is 18.7 Å². The largest absolute Gasteiger partial charge is 0.389 e. The molecule has 0 spiro atoms. The summed E-state index contributed by atoms with van der Waals surface area (Å²) in [6.07, 6.45) is 5.96. The minimum absolute atomic E-state index is 0.0982. The van der Waals surface area contributed by atoms with E-state index >= 15 is 0 Å². The molecular weight excluding hydrogens is 446 g/mol. The highest BCUT2D eigenvalue weighted by atomic mass is 19.3. The quantitative estimate of drug-likeness (QED) is 0.422. The van der Waals surface area contributed by atoms with Gasteiger partial charge in [0.05, 0.1) is 42.5 Å². The van der Waals surface area contributed by atoms with Crippen molar-refractivity contribution in [1.82, 2.24) is 35.4 Å². The van der Waals surface area contributed by atoms with Crippen LogP contribution in [0.1, 0.15) is 30.8 Å². The van der Waals surface area contributed by atoms with E-state index in [2.05, 4.69) is 30.7 Å². The zero-order valence-electron chi connectivity index (χ0n) is 18.8. The molecule has 1 unspecified atom stereocenters. The molecule has 5 N–H and O–H groups in total. The molecule has 1 fully saturated rings. The summed E-state index contributed by atoms with van der Waals surface area (Å²) in [5.41, 5.74) is 7.16. The van der Waals surface area contributed by atoms with Crippen LogP contribution < -0.4 is 16.4 Å². The molecule has 1 amide bonds. The Morgan fingerprint density at radius 2 is 2.12 bits per heavy atom. The molecule has 1 saturated heterocycles. The molecule has 1 aliphatic rings. The Balaban J connectivity index is 1.55. The molecule has 3 aromatic rings. The Morgan fingerprint density at radius 1 is 1.32 bits per heavy atom. The van der Waals surface area contributed by atoms with Crippen molar-refractivity contribution in [3.05, 3.63) is 42.6 Å². The number of aliphatic hydroxyl groups is 1. The van der Waals surface area contributed by atoms with Crippen molar-refractivity contribution in [2.24, 2.45) is 0 Å². The van der Waals surface area contributed by atoms with Crippen LogP contribution in [0.5, 0.6) is 0 Å². The number of nitrogens with two attached hydrogens (primary N) is 1. The van der Waals surface area contributed by atoms with Crippen molar-refractivity contribution < 1.29 is 18.7 Å². The first kappa shape index (κ1) is 23.6. The normalized spacial score (nSPS) is 18.0. The van der Waals surface area contributed by atoms with Gasteiger partial charge >= 0.3 is 0 Å². The Bertz CT molecular complexity index is 1190. The third kappa shape index (κ3) is 5.69. The molecule has 0 saturated carbocycles. The summed E-state index contributed by atoms with van der Waals surface area (Å²) in [5, 5.41) is 19.4. The Morgan fingerprint density at radius 3 is 2.85 bits per heavy atom. The second-order valence-corrected chi connectivity index (χ2v) is 9.02. The Kier molecular flexibility index (Phi) is 6.28. The highest BCUT2D eigenvalue weighted by Crippen LogP contribution is 2.25. The van der Waals surface area contributed by atoms with Crippen LogP contribution in [0.2, 0.25) is 0 Å². The zero-order valence-corrected chi connectivity index (χ0v) is 18.8. The summed E-state index contributed by atoms with van der Waals surface area (Å²) in [6.45, 7) is 3.51. The van der Waals surface area contributed by atoms with E-state index in [-0.39, 0.29) is 18.1 Å². The number of hydrogen-bond donors (Lipinski definition) is 4. The Hall–Kier alpha value is -3.51. The van der Waals surface area contributed by atoms with Crippen LogP contribution in [-0.4, -0.2) is 66.4 Å². The number of rotatable bonds is 6. The molecule has 10 nitrogen and oxygen atoms in total.